The SMILES string of the molecule is Cc1nc(C)n(-c2ccc(CNc3nc(OC4(C)CC4)c4nc(-c5ccc(OC(F)F)c(S(C)(=O)=O)c5)ccc4n3)cc2)n1. The van der Waals surface area contributed by atoms with Gasteiger partial charge in [0.15, 0.2) is 15.4 Å². The third kappa shape index (κ3) is 6.30. The van der Waals surface area contributed by atoms with Gasteiger partial charge in [-0.2, -0.15) is 18.9 Å². The molecule has 0 amide bonds. The van der Waals surface area contributed by atoms with Crippen molar-refractivity contribution in [1.29, 1.82) is 0 Å². The van der Waals surface area contributed by atoms with Crippen molar-refractivity contribution in [2.45, 2.75) is 57.3 Å². The summed E-state index contributed by atoms with van der Waals surface area (Å²) in [4.78, 5) is 17.9. The first-order valence-corrected chi connectivity index (χ1v) is 15.7. The first-order valence-electron chi connectivity index (χ1n) is 13.8. The molecule has 0 saturated heterocycles. The highest BCUT2D eigenvalue weighted by atomic mass is 32.2. The highest BCUT2D eigenvalue weighted by Crippen LogP contribution is 2.41. The van der Waals surface area contributed by atoms with Crippen LogP contribution in [0.2, 0.25) is 0 Å². The molecule has 0 bridgehead atoms. The number of halogens is 2. The largest absolute Gasteiger partial charge is 0.470 e. The van der Waals surface area contributed by atoms with Crippen molar-refractivity contribution < 1.29 is 26.7 Å². The number of aromatic nitrogens is 6. The fraction of sp³-hybridized carbons (Fsp3) is 0.300. The Kier molecular flexibility index (Phi) is 7.40. The molecule has 5 aromatic rings. The summed E-state index contributed by atoms with van der Waals surface area (Å²) in [5, 5.41) is 7.68. The molecule has 228 valence electrons. The lowest BCUT2D eigenvalue weighted by Crippen LogP contribution is -2.15. The smallest absolute Gasteiger partial charge is 0.387 e. The van der Waals surface area contributed by atoms with Crippen molar-refractivity contribution in [2.75, 3.05) is 11.6 Å². The van der Waals surface area contributed by atoms with E-state index < -0.39 is 22.2 Å². The van der Waals surface area contributed by atoms with Crippen LogP contribution in [0, 0.1) is 13.8 Å². The van der Waals surface area contributed by atoms with Crippen molar-refractivity contribution in [3.05, 3.63) is 71.8 Å². The van der Waals surface area contributed by atoms with Crippen LogP contribution in [0.5, 0.6) is 11.6 Å². The molecule has 14 heteroatoms. The molecule has 44 heavy (non-hydrogen) atoms. The zero-order chi connectivity index (χ0) is 31.2. The van der Waals surface area contributed by atoms with E-state index in [1.165, 1.54) is 18.2 Å². The van der Waals surface area contributed by atoms with Crippen molar-refractivity contribution in [3.63, 3.8) is 0 Å². The number of nitrogens with one attached hydrogen (secondary N) is 1. The number of hydrogen-bond acceptors (Lipinski definition) is 10. The third-order valence-electron chi connectivity index (χ3n) is 7.17. The number of aryl methyl sites for hydroxylation is 2. The van der Waals surface area contributed by atoms with E-state index >= 15 is 0 Å². The molecule has 1 fully saturated rings. The maximum atomic E-state index is 12.9. The quantitative estimate of drug-likeness (QED) is 0.215. The first-order chi connectivity index (χ1) is 20.9. The van der Waals surface area contributed by atoms with Gasteiger partial charge in [0.2, 0.25) is 11.8 Å². The molecule has 6 rings (SSSR count). The van der Waals surface area contributed by atoms with Crippen LogP contribution in [0.4, 0.5) is 14.7 Å². The molecule has 0 atom stereocenters. The lowest BCUT2D eigenvalue weighted by atomic mass is 10.1. The number of pyridine rings is 1. The lowest BCUT2D eigenvalue weighted by molar-refractivity contribution is -0.0517. The molecule has 0 aliphatic heterocycles. The van der Waals surface area contributed by atoms with Crippen LogP contribution in [0.3, 0.4) is 0 Å². The molecule has 1 saturated carbocycles. The summed E-state index contributed by atoms with van der Waals surface area (Å²) in [6, 6.07) is 15.2. The standard InChI is InChI=1S/C30H29F2N7O4S/c1-17-34-18(2)39(38-17)21-8-5-19(6-9-21)16-33-29-36-23-11-10-22(35-26(23)27(37-29)43-30(3)13-14-30)20-7-12-24(42-28(31)32)25(15-20)44(4,40)41/h5-12,15,28H,13-14,16H2,1-4H3,(H,33,36,37). The van der Waals surface area contributed by atoms with E-state index in [9.17, 15) is 17.2 Å². The zero-order valence-corrected chi connectivity index (χ0v) is 25.2. The summed E-state index contributed by atoms with van der Waals surface area (Å²) >= 11 is 0. The number of ether oxygens (including phenoxy) is 2. The summed E-state index contributed by atoms with van der Waals surface area (Å²) in [6.07, 6.45) is 2.65. The van der Waals surface area contributed by atoms with E-state index in [1.54, 1.807) is 16.8 Å². The van der Waals surface area contributed by atoms with Crippen LogP contribution < -0.4 is 14.8 Å². The van der Waals surface area contributed by atoms with E-state index in [2.05, 4.69) is 30.1 Å². The van der Waals surface area contributed by atoms with Gasteiger partial charge < -0.3 is 14.8 Å². The predicted molar refractivity (Wildman–Crippen MR) is 159 cm³/mol. The van der Waals surface area contributed by atoms with Crippen LogP contribution >= 0.6 is 0 Å². The highest BCUT2D eigenvalue weighted by Gasteiger charge is 2.41. The van der Waals surface area contributed by atoms with E-state index in [-0.39, 0.29) is 16.4 Å². The fourth-order valence-corrected chi connectivity index (χ4v) is 5.48. The predicted octanol–water partition coefficient (Wildman–Crippen LogP) is 5.44. The maximum Gasteiger partial charge on any atom is 0.387 e. The molecule has 3 heterocycles. The Morgan fingerprint density at radius 2 is 1.75 bits per heavy atom. The van der Waals surface area contributed by atoms with Crippen LogP contribution in [-0.2, 0) is 16.4 Å². The Hall–Kier alpha value is -4.72. The minimum Gasteiger partial charge on any atom is -0.470 e. The number of fused-ring (bicyclic) bond motifs is 1. The number of nitrogens with zero attached hydrogens (tertiary/aromatic N) is 6. The van der Waals surface area contributed by atoms with Crippen molar-refractivity contribution in [1.82, 2.24) is 29.7 Å². The number of hydrogen-bond donors (Lipinski definition) is 1. The summed E-state index contributed by atoms with van der Waals surface area (Å²) in [6.45, 7) is 3.02. The molecule has 1 N–H and O–H groups in total. The summed E-state index contributed by atoms with van der Waals surface area (Å²) in [5.74, 6) is 1.71. The number of anilines is 1. The lowest BCUT2D eigenvalue weighted by Gasteiger charge is -2.16. The molecule has 2 aromatic carbocycles. The molecule has 11 nitrogen and oxygen atoms in total. The Balaban J connectivity index is 1.30. The second kappa shape index (κ2) is 11.1. The summed E-state index contributed by atoms with van der Waals surface area (Å²) in [7, 11) is -3.88. The van der Waals surface area contributed by atoms with Gasteiger partial charge in [-0.15, -0.1) is 0 Å². The molecular weight excluding hydrogens is 592 g/mol. The van der Waals surface area contributed by atoms with Gasteiger partial charge in [0.25, 0.3) is 0 Å². The fourth-order valence-electron chi connectivity index (χ4n) is 4.66. The Labute approximate surface area is 252 Å². The number of alkyl halides is 2. The monoisotopic (exact) mass is 621 g/mol. The minimum absolute atomic E-state index is 0.285. The van der Waals surface area contributed by atoms with Gasteiger partial charge in [0.1, 0.15) is 27.9 Å². The zero-order valence-electron chi connectivity index (χ0n) is 24.4. The van der Waals surface area contributed by atoms with Gasteiger partial charge in [0.05, 0.1) is 16.9 Å². The molecule has 0 radical (unpaired) electrons. The summed E-state index contributed by atoms with van der Waals surface area (Å²) in [5.41, 5.74) is 3.21. The molecule has 1 aliphatic rings. The number of benzene rings is 2. The van der Waals surface area contributed by atoms with Crippen LogP contribution in [0.25, 0.3) is 28.0 Å². The highest BCUT2D eigenvalue weighted by molar-refractivity contribution is 7.90. The topological polar surface area (TPSA) is 134 Å². The summed E-state index contributed by atoms with van der Waals surface area (Å²) < 4.78 is 62.9. The minimum atomic E-state index is -3.88. The van der Waals surface area contributed by atoms with Gasteiger partial charge >= 0.3 is 6.61 Å². The van der Waals surface area contributed by atoms with Crippen LogP contribution in [-0.4, -0.2) is 56.6 Å². The van der Waals surface area contributed by atoms with Gasteiger partial charge in [-0.25, -0.2) is 28.1 Å². The van der Waals surface area contributed by atoms with Crippen LogP contribution in [0.1, 0.15) is 37.0 Å². The van der Waals surface area contributed by atoms with Gasteiger partial charge in [0, 0.05) is 18.4 Å². The van der Waals surface area contributed by atoms with Crippen LogP contribution in [0.15, 0.2) is 59.5 Å². The average Bonchev–Trinajstić information content (AvgIpc) is 3.60. The number of rotatable bonds is 10. The Morgan fingerprint density at radius 1 is 1.00 bits per heavy atom. The van der Waals surface area contributed by atoms with Crippen molar-refractivity contribution in [2.24, 2.45) is 0 Å². The van der Waals surface area contributed by atoms with E-state index in [1.807, 2.05) is 45.0 Å². The first kappa shape index (κ1) is 29.4. The average molecular weight is 622 g/mol. The van der Waals surface area contributed by atoms with Gasteiger partial charge in [-0.3, -0.25) is 0 Å². The molecular formula is C30H29F2N7O4S. The number of sulfone groups is 1. The van der Waals surface area contributed by atoms with E-state index in [0.29, 0.717) is 40.6 Å². The maximum absolute atomic E-state index is 12.9. The molecule has 0 unspecified atom stereocenters. The van der Waals surface area contributed by atoms with Crippen molar-refractivity contribution in [3.8, 4) is 28.6 Å². The second-order valence-electron chi connectivity index (χ2n) is 10.9. The molecule has 1 aliphatic carbocycles. The normalized spacial score (nSPS) is 14.2. The molecule has 3 aromatic heterocycles. The van der Waals surface area contributed by atoms with E-state index in [0.717, 1.165) is 36.2 Å². The third-order valence-corrected chi connectivity index (χ3v) is 8.29. The molecule has 0 spiro atoms. The van der Waals surface area contributed by atoms with Crippen molar-refractivity contribution >= 4 is 26.8 Å². The second-order valence-corrected chi connectivity index (χ2v) is 12.9. The Bertz CT molecular complexity index is 1980. The van der Waals surface area contributed by atoms with Gasteiger partial charge in [-0.05, 0) is 81.6 Å². The Morgan fingerprint density at radius 3 is 2.39 bits per heavy atom. The van der Waals surface area contributed by atoms with E-state index in [4.69, 9.17) is 9.72 Å². The van der Waals surface area contributed by atoms with Gasteiger partial charge in [-0.1, -0.05) is 12.1 Å².